The average Bonchev–Trinajstić information content (AvgIpc) is 3.38. The van der Waals surface area contributed by atoms with Crippen LogP contribution in [-0.2, 0) is 35.5 Å². The lowest BCUT2D eigenvalue weighted by Gasteiger charge is -2.17. The zero-order valence-electron chi connectivity index (χ0n) is 16.3. The second-order valence-corrected chi connectivity index (χ2v) is 7.42. The van der Waals surface area contributed by atoms with Crippen LogP contribution in [0.5, 0.6) is 0 Å². The van der Waals surface area contributed by atoms with Gasteiger partial charge in [0.05, 0.1) is 26.2 Å². The van der Waals surface area contributed by atoms with E-state index in [4.69, 9.17) is 4.74 Å². The molecular formula is C21H25FN4O3. The Kier molecular flexibility index (Phi) is 5.89. The summed E-state index contributed by atoms with van der Waals surface area (Å²) in [6.07, 6.45) is 2.74. The maximum atomic E-state index is 13.7. The zero-order chi connectivity index (χ0) is 20.2. The van der Waals surface area contributed by atoms with Crippen LogP contribution in [0.15, 0.2) is 24.3 Å². The lowest BCUT2D eigenvalue weighted by molar-refractivity contribution is -0.120. The van der Waals surface area contributed by atoms with E-state index in [0.29, 0.717) is 44.0 Å². The first-order valence-corrected chi connectivity index (χ1v) is 10.1. The molecule has 0 saturated carbocycles. The van der Waals surface area contributed by atoms with E-state index >= 15 is 0 Å². The van der Waals surface area contributed by atoms with Crippen LogP contribution in [-0.4, -0.2) is 52.7 Å². The summed E-state index contributed by atoms with van der Waals surface area (Å²) in [5.41, 5.74) is 2.71. The molecule has 0 atom stereocenters. The third-order valence-electron chi connectivity index (χ3n) is 5.45. The van der Waals surface area contributed by atoms with Crippen molar-refractivity contribution in [3.8, 4) is 0 Å². The second-order valence-electron chi connectivity index (χ2n) is 7.42. The second kappa shape index (κ2) is 8.73. The number of carbonyl (C=O) groups is 2. The van der Waals surface area contributed by atoms with E-state index in [9.17, 15) is 14.0 Å². The molecule has 1 N–H and O–H groups in total. The predicted molar refractivity (Wildman–Crippen MR) is 104 cm³/mol. The number of ether oxygens (including phenoxy) is 1. The molecule has 4 rings (SSSR count). The molecule has 0 aliphatic carbocycles. The Hall–Kier alpha value is -2.74. The molecule has 0 bridgehead atoms. The van der Waals surface area contributed by atoms with Crippen LogP contribution in [0.3, 0.4) is 0 Å². The SMILES string of the molecule is O=C(Cc1ccccc1F)NCCn1nc(C(=O)N2CCCC2)c2c1CCOC2. The van der Waals surface area contributed by atoms with Crippen LogP contribution in [0.1, 0.15) is 40.2 Å². The number of rotatable bonds is 6. The van der Waals surface area contributed by atoms with E-state index in [1.54, 1.807) is 18.2 Å². The van der Waals surface area contributed by atoms with Gasteiger partial charge in [0.25, 0.3) is 5.91 Å². The minimum Gasteiger partial charge on any atom is -0.376 e. The summed E-state index contributed by atoms with van der Waals surface area (Å²) in [4.78, 5) is 26.8. The van der Waals surface area contributed by atoms with Crippen LogP contribution >= 0.6 is 0 Å². The molecule has 2 amide bonds. The Bertz CT molecular complexity index is 905. The molecule has 2 aliphatic heterocycles. The lowest BCUT2D eigenvalue weighted by Crippen LogP contribution is -2.30. The first kappa shape index (κ1) is 19.6. The molecule has 1 saturated heterocycles. The molecule has 0 unspecified atom stereocenters. The van der Waals surface area contributed by atoms with E-state index in [2.05, 4.69) is 10.4 Å². The highest BCUT2D eigenvalue weighted by Crippen LogP contribution is 2.23. The minimum absolute atomic E-state index is 0.00355. The van der Waals surface area contributed by atoms with Crippen molar-refractivity contribution in [3.05, 3.63) is 52.6 Å². The van der Waals surface area contributed by atoms with Gasteiger partial charge >= 0.3 is 0 Å². The van der Waals surface area contributed by atoms with Crippen molar-refractivity contribution in [1.29, 1.82) is 0 Å². The fraction of sp³-hybridized carbons (Fsp3) is 0.476. The highest BCUT2D eigenvalue weighted by atomic mass is 19.1. The number of amides is 2. The first-order chi connectivity index (χ1) is 14.1. The fourth-order valence-corrected chi connectivity index (χ4v) is 3.91. The Morgan fingerprint density at radius 1 is 1.21 bits per heavy atom. The van der Waals surface area contributed by atoms with Crippen LogP contribution < -0.4 is 5.32 Å². The van der Waals surface area contributed by atoms with Crippen molar-refractivity contribution in [1.82, 2.24) is 20.0 Å². The summed E-state index contributed by atoms with van der Waals surface area (Å²) >= 11 is 0. The number of hydrogen-bond acceptors (Lipinski definition) is 4. The van der Waals surface area contributed by atoms with Gasteiger partial charge in [-0.05, 0) is 24.5 Å². The lowest BCUT2D eigenvalue weighted by atomic mass is 10.1. The number of aromatic nitrogens is 2. The van der Waals surface area contributed by atoms with Gasteiger partial charge in [-0.1, -0.05) is 18.2 Å². The predicted octanol–water partition coefficient (Wildman–Crippen LogP) is 1.69. The maximum absolute atomic E-state index is 13.7. The molecule has 0 spiro atoms. The molecule has 7 nitrogen and oxygen atoms in total. The molecule has 2 aromatic rings. The van der Waals surface area contributed by atoms with Crippen LogP contribution in [0.25, 0.3) is 0 Å². The summed E-state index contributed by atoms with van der Waals surface area (Å²) in [7, 11) is 0. The monoisotopic (exact) mass is 400 g/mol. The van der Waals surface area contributed by atoms with E-state index in [1.165, 1.54) is 6.07 Å². The third kappa shape index (κ3) is 4.32. The molecule has 154 valence electrons. The Balaban J connectivity index is 1.40. The Morgan fingerprint density at radius 3 is 2.79 bits per heavy atom. The summed E-state index contributed by atoms with van der Waals surface area (Å²) in [5.74, 6) is -0.659. The highest BCUT2D eigenvalue weighted by Gasteiger charge is 2.29. The molecule has 8 heteroatoms. The number of nitrogens with zero attached hydrogens (tertiary/aromatic N) is 3. The number of hydrogen-bond donors (Lipinski definition) is 1. The van der Waals surface area contributed by atoms with E-state index in [0.717, 1.165) is 37.2 Å². The number of carbonyl (C=O) groups excluding carboxylic acids is 2. The van der Waals surface area contributed by atoms with E-state index in [1.807, 2.05) is 9.58 Å². The summed E-state index contributed by atoms with van der Waals surface area (Å²) in [5, 5.41) is 7.38. The molecular weight excluding hydrogens is 375 g/mol. The number of likely N-dealkylation sites (tertiary alicyclic amines) is 1. The van der Waals surface area contributed by atoms with Gasteiger partial charge in [0.15, 0.2) is 5.69 Å². The molecule has 3 heterocycles. The van der Waals surface area contributed by atoms with Crippen molar-refractivity contribution in [2.24, 2.45) is 0 Å². The van der Waals surface area contributed by atoms with Gasteiger partial charge in [0, 0.05) is 37.3 Å². The minimum atomic E-state index is -0.381. The first-order valence-electron chi connectivity index (χ1n) is 10.1. The molecule has 1 aromatic heterocycles. The summed E-state index contributed by atoms with van der Waals surface area (Å²) in [6, 6.07) is 6.26. The normalized spacial score (nSPS) is 16.0. The Labute approximate surface area is 168 Å². The van der Waals surface area contributed by atoms with Gasteiger partial charge in [0.1, 0.15) is 5.82 Å². The largest absolute Gasteiger partial charge is 0.376 e. The van der Waals surface area contributed by atoms with Gasteiger partial charge in [-0.15, -0.1) is 0 Å². The molecule has 1 fully saturated rings. The van der Waals surface area contributed by atoms with Gasteiger partial charge in [-0.3, -0.25) is 14.3 Å². The fourth-order valence-electron chi connectivity index (χ4n) is 3.91. The maximum Gasteiger partial charge on any atom is 0.274 e. The summed E-state index contributed by atoms with van der Waals surface area (Å²) < 4.78 is 21.1. The van der Waals surface area contributed by atoms with Gasteiger partial charge in [-0.2, -0.15) is 5.10 Å². The molecule has 1 aromatic carbocycles. The topological polar surface area (TPSA) is 76.5 Å². The Morgan fingerprint density at radius 2 is 2.00 bits per heavy atom. The van der Waals surface area contributed by atoms with Gasteiger partial charge < -0.3 is 15.0 Å². The number of fused-ring (bicyclic) bond motifs is 1. The molecule has 0 radical (unpaired) electrons. The van der Waals surface area contributed by atoms with Crippen molar-refractivity contribution >= 4 is 11.8 Å². The smallest absolute Gasteiger partial charge is 0.274 e. The standard InChI is InChI=1S/C21H25FN4O3/c22-17-6-2-1-5-15(17)13-19(27)23-8-11-26-18-7-12-29-14-16(18)20(24-26)21(28)25-9-3-4-10-25/h1-2,5-6H,3-4,7-14H2,(H,23,27). The van der Waals surface area contributed by atoms with Crippen molar-refractivity contribution < 1.29 is 18.7 Å². The number of nitrogens with one attached hydrogen (secondary N) is 1. The zero-order valence-corrected chi connectivity index (χ0v) is 16.3. The number of halogens is 1. The van der Waals surface area contributed by atoms with Crippen LogP contribution in [0, 0.1) is 5.82 Å². The summed E-state index contributed by atoms with van der Waals surface area (Å²) in [6.45, 7) is 3.35. The van der Waals surface area contributed by atoms with Crippen molar-refractivity contribution in [2.45, 2.75) is 38.8 Å². The third-order valence-corrected chi connectivity index (χ3v) is 5.45. The van der Waals surface area contributed by atoms with Gasteiger partial charge in [0.2, 0.25) is 5.91 Å². The van der Waals surface area contributed by atoms with Crippen LogP contribution in [0.4, 0.5) is 4.39 Å². The molecule has 29 heavy (non-hydrogen) atoms. The van der Waals surface area contributed by atoms with Crippen LogP contribution in [0.2, 0.25) is 0 Å². The quantitative estimate of drug-likeness (QED) is 0.801. The average molecular weight is 400 g/mol. The van der Waals surface area contributed by atoms with E-state index in [-0.39, 0.29) is 24.1 Å². The number of benzene rings is 1. The molecule has 2 aliphatic rings. The highest BCUT2D eigenvalue weighted by molar-refractivity contribution is 5.94. The van der Waals surface area contributed by atoms with Crippen molar-refractivity contribution in [2.75, 3.05) is 26.2 Å². The van der Waals surface area contributed by atoms with Crippen molar-refractivity contribution in [3.63, 3.8) is 0 Å². The van der Waals surface area contributed by atoms with E-state index < -0.39 is 0 Å². The van der Waals surface area contributed by atoms with Gasteiger partial charge in [-0.25, -0.2) is 4.39 Å².